The molecular weight excluding hydrogens is 338 g/mol. The minimum absolute atomic E-state index is 0.0224. The van der Waals surface area contributed by atoms with Gasteiger partial charge >= 0.3 is 0 Å². The van der Waals surface area contributed by atoms with Gasteiger partial charge in [0.15, 0.2) is 16.6 Å². The van der Waals surface area contributed by atoms with E-state index in [1.165, 1.54) is 19.4 Å². The lowest BCUT2D eigenvalue weighted by atomic mass is 10.1. The molecule has 0 bridgehead atoms. The summed E-state index contributed by atoms with van der Waals surface area (Å²) in [6.45, 7) is 6.08. The number of rotatable bonds is 7. The van der Waals surface area contributed by atoms with Gasteiger partial charge in [-0.3, -0.25) is 4.79 Å². The molecule has 26 heavy (non-hydrogen) atoms. The van der Waals surface area contributed by atoms with Gasteiger partial charge in [-0.1, -0.05) is 13.8 Å². The number of aliphatic hydroxyl groups excluding tert-OH is 1. The predicted molar refractivity (Wildman–Crippen MR) is 98.2 cm³/mol. The van der Waals surface area contributed by atoms with Gasteiger partial charge < -0.3 is 28.7 Å². The van der Waals surface area contributed by atoms with Crippen LogP contribution in [0.1, 0.15) is 19.6 Å². The topological polar surface area (TPSA) is 94.1 Å². The highest BCUT2D eigenvalue weighted by Crippen LogP contribution is 2.42. The molecule has 0 aliphatic heterocycles. The average molecular weight is 361 g/mol. The number of fused-ring (bicyclic) bond motifs is 2. The summed E-state index contributed by atoms with van der Waals surface area (Å²) in [6, 6.07) is 3.36. The molecule has 0 saturated carbocycles. The first-order chi connectivity index (χ1) is 12.4. The number of hydrogen-bond donors (Lipinski definition) is 2. The molecule has 2 heterocycles. The molecule has 0 spiro atoms. The van der Waals surface area contributed by atoms with Crippen LogP contribution < -0.4 is 20.2 Å². The summed E-state index contributed by atoms with van der Waals surface area (Å²) < 4.78 is 22.6. The van der Waals surface area contributed by atoms with Crippen molar-refractivity contribution in [3.05, 3.63) is 34.4 Å². The zero-order valence-electron chi connectivity index (χ0n) is 15.3. The summed E-state index contributed by atoms with van der Waals surface area (Å²) in [5.41, 5.74) is 0.431. The quantitative estimate of drug-likeness (QED) is 0.668. The second kappa shape index (κ2) is 7.39. The Morgan fingerprint density at radius 1 is 1.27 bits per heavy atom. The Bertz CT molecular complexity index is 971. The van der Waals surface area contributed by atoms with Crippen molar-refractivity contribution in [2.24, 2.45) is 0 Å². The number of hydrogen-bond acceptors (Lipinski definition) is 7. The lowest BCUT2D eigenvalue weighted by molar-refractivity contribution is 0.105. The number of ether oxygens (including phenoxy) is 2. The maximum atomic E-state index is 12.5. The Morgan fingerprint density at radius 3 is 2.73 bits per heavy atom. The maximum absolute atomic E-state index is 12.5. The van der Waals surface area contributed by atoms with E-state index in [2.05, 4.69) is 5.32 Å². The van der Waals surface area contributed by atoms with Crippen LogP contribution in [-0.4, -0.2) is 37.5 Å². The van der Waals surface area contributed by atoms with Gasteiger partial charge in [0.2, 0.25) is 5.75 Å². The second-order valence-electron chi connectivity index (χ2n) is 6.48. The normalized spacial score (nSPS) is 12.8. The molecular formula is C19H23NO6. The maximum Gasteiger partial charge on any atom is 0.206 e. The lowest BCUT2D eigenvalue weighted by Crippen LogP contribution is -2.35. The van der Waals surface area contributed by atoms with E-state index in [4.69, 9.17) is 18.3 Å². The van der Waals surface area contributed by atoms with Crippen LogP contribution in [0.4, 0.5) is 0 Å². The molecule has 1 unspecified atom stereocenters. The minimum atomic E-state index is -0.726. The van der Waals surface area contributed by atoms with Crippen molar-refractivity contribution < 1.29 is 23.4 Å². The summed E-state index contributed by atoms with van der Waals surface area (Å²) in [5.74, 6) is 1.11. The summed E-state index contributed by atoms with van der Waals surface area (Å²) in [7, 11) is 1.49. The van der Waals surface area contributed by atoms with Crippen LogP contribution in [0.15, 0.2) is 32.0 Å². The molecule has 0 fully saturated rings. The molecule has 0 aliphatic carbocycles. The van der Waals surface area contributed by atoms with Gasteiger partial charge in [0.05, 0.1) is 18.8 Å². The summed E-state index contributed by atoms with van der Waals surface area (Å²) in [5, 5.41) is 14.2. The Hall–Kier alpha value is -2.51. The molecule has 2 N–H and O–H groups in total. The molecule has 0 radical (unpaired) electrons. The van der Waals surface area contributed by atoms with Gasteiger partial charge in [-0.15, -0.1) is 0 Å². The zero-order chi connectivity index (χ0) is 18.8. The van der Waals surface area contributed by atoms with Crippen molar-refractivity contribution in [1.29, 1.82) is 0 Å². The molecule has 1 aromatic carbocycles. The van der Waals surface area contributed by atoms with Crippen molar-refractivity contribution >= 4 is 21.9 Å². The van der Waals surface area contributed by atoms with E-state index in [9.17, 15) is 9.90 Å². The Morgan fingerprint density at radius 2 is 2.04 bits per heavy atom. The van der Waals surface area contributed by atoms with Gasteiger partial charge in [-0.25, -0.2) is 0 Å². The molecule has 0 amide bonds. The molecule has 3 rings (SSSR count). The highest BCUT2D eigenvalue weighted by molar-refractivity contribution is 6.06. The Kier molecular flexibility index (Phi) is 5.20. The highest BCUT2D eigenvalue weighted by Gasteiger charge is 2.23. The summed E-state index contributed by atoms with van der Waals surface area (Å²) in [6.07, 6.45) is 0.767. The van der Waals surface area contributed by atoms with E-state index in [1.807, 2.05) is 13.8 Å². The molecule has 1 atom stereocenters. The Labute approximate surface area is 150 Å². The molecule has 3 aromatic rings. The second-order valence-corrected chi connectivity index (χ2v) is 6.48. The zero-order valence-corrected chi connectivity index (χ0v) is 15.3. The number of methoxy groups -OCH3 is 1. The fourth-order valence-electron chi connectivity index (χ4n) is 2.84. The minimum Gasteiger partial charge on any atom is -0.495 e. The van der Waals surface area contributed by atoms with Gasteiger partial charge in [0, 0.05) is 18.7 Å². The van der Waals surface area contributed by atoms with Crippen LogP contribution in [0.5, 0.6) is 11.5 Å². The van der Waals surface area contributed by atoms with E-state index < -0.39 is 6.10 Å². The third kappa shape index (κ3) is 3.40. The van der Waals surface area contributed by atoms with Gasteiger partial charge in [0.25, 0.3) is 0 Å². The fraction of sp³-hybridized carbons (Fsp3) is 0.421. The van der Waals surface area contributed by atoms with Gasteiger partial charge in [0.1, 0.15) is 29.6 Å². The van der Waals surface area contributed by atoms with Crippen molar-refractivity contribution in [3.8, 4) is 11.5 Å². The number of furan rings is 1. The van der Waals surface area contributed by atoms with Crippen molar-refractivity contribution in [2.45, 2.75) is 32.9 Å². The van der Waals surface area contributed by atoms with Crippen LogP contribution >= 0.6 is 0 Å². The first-order valence-corrected chi connectivity index (χ1v) is 8.48. The van der Waals surface area contributed by atoms with E-state index in [0.29, 0.717) is 29.0 Å². The average Bonchev–Trinajstić information content (AvgIpc) is 3.06. The van der Waals surface area contributed by atoms with Crippen molar-refractivity contribution in [3.63, 3.8) is 0 Å². The van der Waals surface area contributed by atoms with E-state index in [-0.39, 0.29) is 34.8 Å². The first kappa shape index (κ1) is 18.3. The highest BCUT2D eigenvalue weighted by atomic mass is 16.5. The first-order valence-electron chi connectivity index (χ1n) is 8.48. The number of aliphatic hydroxyl groups is 1. The van der Waals surface area contributed by atoms with Crippen LogP contribution in [0.2, 0.25) is 0 Å². The molecule has 7 heteroatoms. The van der Waals surface area contributed by atoms with Crippen LogP contribution in [0.25, 0.3) is 21.9 Å². The number of nitrogens with one attached hydrogen (secondary N) is 1. The SMILES string of the molecule is COc1c2ccoc2c(OCC(O)CNC(C)C)c2oc(C)cc(=O)c12. The van der Waals surface area contributed by atoms with Crippen molar-refractivity contribution in [1.82, 2.24) is 5.32 Å². The van der Waals surface area contributed by atoms with Crippen molar-refractivity contribution in [2.75, 3.05) is 20.3 Å². The molecule has 140 valence electrons. The van der Waals surface area contributed by atoms with Crippen LogP contribution in [0.3, 0.4) is 0 Å². The standard InChI is InChI=1S/C19H23NO6/c1-10(2)20-8-12(21)9-25-19-17-13(5-6-24-17)16(23-4)15-14(22)7-11(3)26-18(15)19/h5-7,10,12,20-21H,8-9H2,1-4H3. The monoisotopic (exact) mass is 361 g/mol. The predicted octanol–water partition coefficient (Wildman–Crippen LogP) is 2.59. The fourth-order valence-corrected chi connectivity index (χ4v) is 2.84. The largest absolute Gasteiger partial charge is 0.495 e. The van der Waals surface area contributed by atoms with Gasteiger partial charge in [-0.05, 0) is 13.0 Å². The van der Waals surface area contributed by atoms with Crippen LogP contribution in [-0.2, 0) is 0 Å². The number of benzene rings is 1. The summed E-state index contributed by atoms with van der Waals surface area (Å²) in [4.78, 5) is 12.5. The summed E-state index contributed by atoms with van der Waals surface area (Å²) >= 11 is 0. The van der Waals surface area contributed by atoms with E-state index in [0.717, 1.165) is 0 Å². The molecule has 7 nitrogen and oxygen atoms in total. The van der Waals surface area contributed by atoms with E-state index in [1.54, 1.807) is 13.0 Å². The van der Waals surface area contributed by atoms with Gasteiger partial charge in [-0.2, -0.15) is 0 Å². The molecule has 0 aliphatic rings. The van der Waals surface area contributed by atoms with E-state index >= 15 is 0 Å². The lowest BCUT2D eigenvalue weighted by Gasteiger charge is -2.16. The third-order valence-electron chi connectivity index (χ3n) is 4.01. The molecule has 2 aromatic heterocycles. The Balaban J connectivity index is 2.08. The smallest absolute Gasteiger partial charge is 0.206 e. The molecule has 0 saturated heterocycles. The van der Waals surface area contributed by atoms with Crippen LogP contribution in [0, 0.1) is 6.92 Å². The number of aryl methyl sites for hydroxylation is 1. The third-order valence-corrected chi connectivity index (χ3v) is 4.01.